The molecule has 2 aromatic rings. The Hall–Kier alpha value is -2.23. The summed E-state index contributed by atoms with van der Waals surface area (Å²) in [5.74, 6) is -0.141. The van der Waals surface area contributed by atoms with Crippen LogP contribution in [0, 0.1) is 0 Å². The van der Waals surface area contributed by atoms with Gasteiger partial charge in [-0.25, -0.2) is 4.79 Å². The highest BCUT2D eigenvalue weighted by Crippen LogP contribution is 2.24. The summed E-state index contributed by atoms with van der Waals surface area (Å²) in [6, 6.07) is 5.64. The van der Waals surface area contributed by atoms with Crippen LogP contribution in [0.15, 0.2) is 30.0 Å². The number of ether oxygens (including phenoxy) is 1. The minimum atomic E-state index is -0.909. The van der Waals surface area contributed by atoms with Gasteiger partial charge >= 0.3 is 5.97 Å². The number of nitrogens with one attached hydrogen (secondary N) is 1. The highest BCUT2D eigenvalue weighted by Gasteiger charge is 2.05. The first-order valence-corrected chi connectivity index (χ1v) is 5.18. The number of H-pyrrole nitrogens is 1. The van der Waals surface area contributed by atoms with Crippen molar-refractivity contribution in [2.45, 2.75) is 6.92 Å². The molecule has 0 atom stereocenters. The highest BCUT2D eigenvalue weighted by molar-refractivity contribution is 5.96. The molecule has 1 aromatic carbocycles. The van der Waals surface area contributed by atoms with Crippen LogP contribution in [0.3, 0.4) is 0 Å². The zero-order chi connectivity index (χ0) is 12.4. The SMILES string of the molecule is COc1ccc2c(/C=C(\C)C(=O)O)c[nH]c2c1. The first-order valence-electron chi connectivity index (χ1n) is 5.18. The molecule has 4 nitrogen and oxygen atoms in total. The number of aromatic amines is 1. The molecule has 0 bridgehead atoms. The van der Waals surface area contributed by atoms with Crippen molar-refractivity contribution < 1.29 is 14.6 Å². The van der Waals surface area contributed by atoms with E-state index in [4.69, 9.17) is 9.84 Å². The Morgan fingerprint density at radius 1 is 1.47 bits per heavy atom. The predicted octanol–water partition coefficient (Wildman–Crippen LogP) is 2.66. The van der Waals surface area contributed by atoms with Crippen LogP contribution in [0.5, 0.6) is 5.75 Å². The van der Waals surface area contributed by atoms with E-state index in [0.717, 1.165) is 22.2 Å². The van der Waals surface area contributed by atoms with E-state index in [9.17, 15) is 4.79 Å². The molecule has 0 fully saturated rings. The van der Waals surface area contributed by atoms with Crippen LogP contribution in [0.2, 0.25) is 0 Å². The molecule has 0 radical (unpaired) electrons. The smallest absolute Gasteiger partial charge is 0.331 e. The molecule has 0 aliphatic heterocycles. The normalized spacial score (nSPS) is 11.8. The van der Waals surface area contributed by atoms with E-state index >= 15 is 0 Å². The molecule has 2 N–H and O–H groups in total. The molecule has 0 amide bonds. The number of hydrogen-bond donors (Lipinski definition) is 2. The quantitative estimate of drug-likeness (QED) is 0.798. The molecule has 0 aliphatic rings. The van der Waals surface area contributed by atoms with E-state index in [1.54, 1.807) is 26.3 Å². The van der Waals surface area contributed by atoms with Gasteiger partial charge in [-0.05, 0) is 25.1 Å². The van der Waals surface area contributed by atoms with Gasteiger partial charge in [0, 0.05) is 34.3 Å². The van der Waals surface area contributed by atoms with Crippen molar-refractivity contribution in [3.8, 4) is 5.75 Å². The fourth-order valence-electron chi connectivity index (χ4n) is 1.67. The maximum Gasteiger partial charge on any atom is 0.331 e. The molecular formula is C13H13NO3. The summed E-state index contributed by atoms with van der Waals surface area (Å²) >= 11 is 0. The lowest BCUT2D eigenvalue weighted by Gasteiger charge is -1.99. The zero-order valence-electron chi connectivity index (χ0n) is 9.65. The van der Waals surface area contributed by atoms with Crippen LogP contribution in [0.25, 0.3) is 17.0 Å². The van der Waals surface area contributed by atoms with Crippen LogP contribution in [0.1, 0.15) is 12.5 Å². The maximum atomic E-state index is 10.8. The van der Waals surface area contributed by atoms with Gasteiger partial charge in [0.25, 0.3) is 0 Å². The Morgan fingerprint density at radius 2 is 2.24 bits per heavy atom. The van der Waals surface area contributed by atoms with Crippen LogP contribution < -0.4 is 4.74 Å². The van der Waals surface area contributed by atoms with E-state index in [-0.39, 0.29) is 0 Å². The van der Waals surface area contributed by atoms with Gasteiger partial charge in [-0.1, -0.05) is 0 Å². The van der Waals surface area contributed by atoms with E-state index in [1.165, 1.54) is 0 Å². The first kappa shape index (κ1) is 11.3. The van der Waals surface area contributed by atoms with E-state index in [0.29, 0.717) is 5.57 Å². The molecule has 88 valence electrons. The number of benzene rings is 1. The van der Waals surface area contributed by atoms with E-state index < -0.39 is 5.97 Å². The number of fused-ring (bicyclic) bond motifs is 1. The van der Waals surface area contributed by atoms with Crippen LogP contribution in [-0.2, 0) is 4.79 Å². The van der Waals surface area contributed by atoms with Crippen molar-refractivity contribution in [3.63, 3.8) is 0 Å². The standard InChI is InChI=1S/C13H13NO3/c1-8(13(15)16)5-9-7-14-12-6-10(17-2)3-4-11(9)12/h3-7,14H,1-2H3,(H,15,16)/b8-5+. The van der Waals surface area contributed by atoms with Crippen LogP contribution in [-0.4, -0.2) is 23.2 Å². The average Bonchev–Trinajstić information content (AvgIpc) is 2.71. The average molecular weight is 231 g/mol. The lowest BCUT2D eigenvalue weighted by atomic mass is 10.1. The number of hydrogen-bond acceptors (Lipinski definition) is 2. The van der Waals surface area contributed by atoms with Crippen molar-refractivity contribution in [3.05, 3.63) is 35.5 Å². The Kier molecular flexibility index (Phi) is 2.87. The Labute approximate surface area is 98.5 Å². The molecule has 4 heteroatoms. The van der Waals surface area contributed by atoms with Gasteiger partial charge in [0.15, 0.2) is 0 Å². The van der Waals surface area contributed by atoms with Gasteiger partial charge < -0.3 is 14.8 Å². The van der Waals surface area contributed by atoms with E-state index in [1.807, 2.05) is 18.2 Å². The second-order valence-electron chi connectivity index (χ2n) is 3.79. The Bertz CT molecular complexity index is 596. The molecule has 1 aromatic heterocycles. The van der Waals surface area contributed by atoms with Gasteiger partial charge in [-0.15, -0.1) is 0 Å². The largest absolute Gasteiger partial charge is 0.497 e. The monoisotopic (exact) mass is 231 g/mol. The summed E-state index contributed by atoms with van der Waals surface area (Å²) < 4.78 is 5.12. The molecule has 0 aliphatic carbocycles. The third kappa shape index (κ3) is 2.15. The summed E-state index contributed by atoms with van der Waals surface area (Å²) in [6.07, 6.45) is 3.43. The van der Waals surface area contributed by atoms with E-state index in [2.05, 4.69) is 4.98 Å². The third-order valence-corrected chi connectivity index (χ3v) is 2.63. The number of carboxylic acid groups (broad SMARTS) is 1. The molecule has 0 saturated carbocycles. The number of rotatable bonds is 3. The molecular weight excluding hydrogens is 218 g/mol. The van der Waals surface area contributed by atoms with Crippen molar-refractivity contribution in [1.82, 2.24) is 4.98 Å². The molecule has 17 heavy (non-hydrogen) atoms. The summed E-state index contributed by atoms with van der Waals surface area (Å²) in [5, 5.41) is 9.81. The summed E-state index contributed by atoms with van der Waals surface area (Å²) in [5.41, 5.74) is 2.10. The summed E-state index contributed by atoms with van der Waals surface area (Å²) in [7, 11) is 1.61. The van der Waals surface area contributed by atoms with Gasteiger partial charge in [-0.3, -0.25) is 0 Å². The predicted molar refractivity (Wildman–Crippen MR) is 66.1 cm³/mol. The second-order valence-corrected chi connectivity index (χ2v) is 3.79. The number of methoxy groups -OCH3 is 1. The molecule has 1 heterocycles. The zero-order valence-corrected chi connectivity index (χ0v) is 9.65. The molecule has 2 rings (SSSR count). The first-order chi connectivity index (χ1) is 8.11. The maximum absolute atomic E-state index is 10.8. The minimum absolute atomic E-state index is 0.307. The number of aliphatic carboxylic acids is 1. The van der Waals surface area contributed by atoms with Crippen molar-refractivity contribution in [2.24, 2.45) is 0 Å². The van der Waals surface area contributed by atoms with Crippen molar-refractivity contribution in [1.29, 1.82) is 0 Å². The van der Waals surface area contributed by atoms with Crippen molar-refractivity contribution >= 4 is 22.9 Å². The van der Waals surface area contributed by atoms with Gasteiger partial charge in [0.05, 0.1) is 7.11 Å². The molecule has 0 spiro atoms. The Morgan fingerprint density at radius 3 is 2.88 bits per heavy atom. The lowest BCUT2D eigenvalue weighted by Crippen LogP contribution is -1.94. The number of carbonyl (C=O) groups is 1. The van der Waals surface area contributed by atoms with Crippen LogP contribution >= 0.6 is 0 Å². The minimum Gasteiger partial charge on any atom is -0.497 e. The lowest BCUT2D eigenvalue weighted by molar-refractivity contribution is -0.132. The highest BCUT2D eigenvalue weighted by atomic mass is 16.5. The number of aromatic nitrogens is 1. The molecule has 0 unspecified atom stereocenters. The molecule has 0 saturated heterocycles. The summed E-state index contributed by atoms with van der Waals surface area (Å²) in [4.78, 5) is 13.9. The fourth-order valence-corrected chi connectivity index (χ4v) is 1.67. The summed E-state index contributed by atoms with van der Waals surface area (Å²) in [6.45, 7) is 1.57. The van der Waals surface area contributed by atoms with Crippen molar-refractivity contribution in [2.75, 3.05) is 7.11 Å². The second kappa shape index (κ2) is 4.33. The third-order valence-electron chi connectivity index (χ3n) is 2.63. The topological polar surface area (TPSA) is 62.3 Å². The fraction of sp³-hybridized carbons (Fsp3) is 0.154. The van der Waals surface area contributed by atoms with Crippen LogP contribution in [0.4, 0.5) is 0 Å². The van der Waals surface area contributed by atoms with Gasteiger partial charge in [-0.2, -0.15) is 0 Å². The van der Waals surface area contributed by atoms with Gasteiger partial charge in [0.1, 0.15) is 5.75 Å². The Balaban J connectivity index is 2.50. The number of carboxylic acids is 1. The van der Waals surface area contributed by atoms with Gasteiger partial charge in [0.2, 0.25) is 0 Å².